The lowest BCUT2D eigenvalue weighted by atomic mass is 10.2. The van der Waals surface area contributed by atoms with E-state index in [2.05, 4.69) is 21.7 Å². The first-order valence-corrected chi connectivity index (χ1v) is 10.6. The molecule has 0 fully saturated rings. The third kappa shape index (κ3) is 4.84. The number of amides is 1. The molecule has 158 valence electrons. The number of pyridine rings is 1. The summed E-state index contributed by atoms with van der Waals surface area (Å²) in [5.41, 5.74) is 1.66. The molecule has 2 aromatic carbocycles. The van der Waals surface area contributed by atoms with Gasteiger partial charge in [-0.05, 0) is 30.3 Å². The third-order valence-electron chi connectivity index (χ3n) is 4.87. The van der Waals surface area contributed by atoms with E-state index in [9.17, 15) is 4.79 Å². The van der Waals surface area contributed by atoms with Crippen molar-refractivity contribution in [2.45, 2.75) is 13.1 Å². The molecule has 31 heavy (non-hydrogen) atoms. The molecular formula is C24H23N3O3S. The van der Waals surface area contributed by atoms with Crippen molar-refractivity contribution in [2.75, 3.05) is 19.5 Å². The van der Waals surface area contributed by atoms with Crippen molar-refractivity contribution in [1.82, 2.24) is 10.3 Å². The first-order chi connectivity index (χ1) is 15.2. The molecule has 2 aromatic heterocycles. The maximum Gasteiger partial charge on any atom is 0.256 e. The molecule has 0 saturated heterocycles. The number of nitrogens with zero attached hydrogens (tertiary/aromatic N) is 1. The van der Waals surface area contributed by atoms with Crippen LogP contribution in [-0.4, -0.2) is 25.1 Å². The SMILES string of the molecule is COc1ccc(CNCc2cc3c(NC(=O)c4ccccc4)nccc3s2)c(OC)c1. The minimum atomic E-state index is -0.168. The van der Waals surface area contributed by atoms with Crippen LogP contribution in [0.15, 0.2) is 66.9 Å². The van der Waals surface area contributed by atoms with E-state index < -0.39 is 0 Å². The molecule has 0 saturated carbocycles. The molecule has 0 aliphatic heterocycles. The Labute approximate surface area is 184 Å². The topological polar surface area (TPSA) is 72.5 Å². The molecule has 7 heteroatoms. The van der Waals surface area contributed by atoms with Crippen LogP contribution in [0.3, 0.4) is 0 Å². The average Bonchev–Trinajstić information content (AvgIpc) is 3.23. The minimum Gasteiger partial charge on any atom is -0.497 e. The van der Waals surface area contributed by atoms with Crippen LogP contribution in [0.4, 0.5) is 5.82 Å². The van der Waals surface area contributed by atoms with Gasteiger partial charge in [0.15, 0.2) is 0 Å². The molecule has 0 radical (unpaired) electrons. The van der Waals surface area contributed by atoms with E-state index in [0.29, 0.717) is 24.5 Å². The Bertz CT molecular complexity index is 1190. The number of hydrogen-bond donors (Lipinski definition) is 2. The quantitative estimate of drug-likeness (QED) is 0.415. The second kappa shape index (κ2) is 9.59. The number of anilines is 1. The van der Waals surface area contributed by atoms with E-state index >= 15 is 0 Å². The number of hydrogen-bond acceptors (Lipinski definition) is 6. The fraction of sp³-hybridized carbons (Fsp3) is 0.167. The van der Waals surface area contributed by atoms with Gasteiger partial charge < -0.3 is 20.1 Å². The smallest absolute Gasteiger partial charge is 0.256 e. The fourth-order valence-electron chi connectivity index (χ4n) is 3.29. The zero-order valence-corrected chi connectivity index (χ0v) is 18.2. The Morgan fingerprint density at radius 2 is 1.84 bits per heavy atom. The van der Waals surface area contributed by atoms with Gasteiger partial charge in [-0.2, -0.15) is 0 Å². The van der Waals surface area contributed by atoms with Gasteiger partial charge in [-0.15, -0.1) is 11.3 Å². The number of thiophene rings is 1. The van der Waals surface area contributed by atoms with Crippen molar-refractivity contribution in [3.63, 3.8) is 0 Å². The summed E-state index contributed by atoms with van der Waals surface area (Å²) in [5.74, 6) is 1.96. The van der Waals surface area contributed by atoms with Crippen molar-refractivity contribution >= 4 is 33.1 Å². The maximum atomic E-state index is 12.5. The Hall–Kier alpha value is -3.42. The van der Waals surface area contributed by atoms with Crippen molar-refractivity contribution in [3.8, 4) is 11.5 Å². The van der Waals surface area contributed by atoms with Crippen LogP contribution in [0.5, 0.6) is 11.5 Å². The summed E-state index contributed by atoms with van der Waals surface area (Å²) < 4.78 is 11.8. The van der Waals surface area contributed by atoms with Gasteiger partial charge in [0.1, 0.15) is 17.3 Å². The lowest BCUT2D eigenvalue weighted by Gasteiger charge is -2.10. The zero-order valence-electron chi connectivity index (χ0n) is 17.3. The van der Waals surface area contributed by atoms with Gasteiger partial charge in [0, 0.05) is 51.4 Å². The second-order valence-corrected chi connectivity index (χ2v) is 8.05. The highest BCUT2D eigenvalue weighted by molar-refractivity contribution is 7.19. The molecule has 2 heterocycles. The van der Waals surface area contributed by atoms with Gasteiger partial charge in [0.25, 0.3) is 5.91 Å². The summed E-state index contributed by atoms with van der Waals surface area (Å²) >= 11 is 1.68. The maximum absolute atomic E-state index is 12.5. The molecule has 0 unspecified atom stereocenters. The summed E-state index contributed by atoms with van der Waals surface area (Å²) in [4.78, 5) is 18.1. The number of carbonyl (C=O) groups excluding carboxylic acids is 1. The summed E-state index contributed by atoms with van der Waals surface area (Å²) in [6.07, 6.45) is 1.72. The molecule has 0 aliphatic carbocycles. The zero-order chi connectivity index (χ0) is 21.6. The lowest BCUT2D eigenvalue weighted by molar-refractivity contribution is 0.102. The molecule has 6 nitrogen and oxygen atoms in total. The van der Waals surface area contributed by atoms with Crippen LogP contribution in [0, 0.1) is 0 Å². The number of methoxy groups -OCH3 is 2. The van der Waals surface area contributed by atoms with Gasteiger partial charge in [-0.3, -0.25) is 4.79 Å². The number of carbonyl (C=O) groups is 1. The first kappa shape index (κ1) is 20.8. The molecule has 0 spiro atoms. The van der Waals surface area contributed by atoms with Gasteiger partial charge in [0.2, 0.25) is 0 Å². The van der Waals surface area contributed by atoms with Gasteiger partial charge in [-0.25, -0.2) is 4.98 Å². The number of fused-ring (bicyclic) bond motifs is 1. The molecule has 1 amide bonds. The third-order valence-corrected chi connectivity index (χ3v) is 5.97. The molecule has 2 N–H and O–H groups in total. The highest BCUT2D eigenvalue weighted by Crippen LogP contribution is 2.30. The summed E-state index contributed by atoms with van der Waals surface area (Å²) in [5, 5.41) is 7.33. The molecule has 4 rings (SSSR count). The predicted octanol–water partition coefficient (Wildman–Crippen LogP) is 4.86. The van der Waals surface area contributed by atoms with Crippen LogP contribution in [0.25, 0.3) is 10.1 Å². The monoisotopic (exact) mass is 433 g/mol. The number of benzene rings is 2. The average molecular weight is 434 g/mol. The second-order valence-electron chi connectivity index (χ2n) is 6.89. The Balaban J connectivity index is 1.45. The Morgan fingerprint density at radius 1 is 1.00 bits per heavy atom. The van der Waals surface area contributed by atoms with Crippen molar-refractivity contribution in [2.24, 2.45) is 0 Å². The highest BCUT2D eigenvalue weighted by atomic mass is 32.1. The summed E-state index contributed by atoms with van der Waals surface area (Å²) in [6, 6.07) is 19.0. The van der Waals surface area contributed by atoms with Crippen LogP contribution in [-0.2, 0) is 13.1 Å². The van der Waals surface area contributed by atoms with Crippen molar-refractivity contribution < 1.29 is 14.3 Å². The van der Waals surface area contributed by atoms with Crippen LogP contribution < -0.4 is 20.1 Å². The van der Waals surface area contributed by atoms with Crippen molar-refractivity contribution in [3.05, 3.63) is 82.9 Å². The van der Waals surface area contributed by atoms with Crippen molar-refractivity contribution in [1.29, 1.82) is 0 Å². The number of aromatic nitrogens is 1. The van der Waals surface area contributed by atoms with Crippen LogP contribution in [0.1, 0.15) is 20.8 Å². The van der Waals surface area contributed by atoms with E-state index in [4.69, 9.17) is 9.47 Å². The summed E-state index contributed by atoms with van der Waals surface area (Å²) in [7, 11) is 3.29. The van der Waals surface area contributed by atoms with Crippen LogP contribution >= 0.6 is 11.3 Å². The predicted molar refractivity (Wildman–Crippen MR) is 124 cm³/mol. The Kier molecular flexibility index (Phi) is 6.45. The van der Waals surface area contributed by atoms with E-state index in [-0.39, 0.29) is 5.91 Å². The molecule has 0 aliphatic rings. The first-order valence-electron chi connectivity index (χ1n) is 9.83. The number of ether oxygens (including phenoxy) is 2. The van der Waals surface area contributed by atoms with Crippen LogP contribution in [0.2, 0.25) is 0 Å². The fourth-order valence-corrected chi connectivity index (χ4v) is 4.32. The lowest BCUT2D eigenvalue weighted by Crippen LogP contribution is -2.13. The molecular weight excluding hydrogens is 410 g/mol. The molecule has 4 aromatic rings. The van der Waals surface area contributed by atoms with Gasteiger partial charge in [0.05, 0.1) is 14.2 Å². The number of nitrogens with one attached hydrogen (secondary N) is 2. The highest BCUT2D eigenvalue weighted by Gasteiger charge is 2.12. The largest absolute Gasteiger partial charge is 0.497 e. The summed E-state index contributed by atoms with van der Waals surface area (Å²) in [6.45, 7) is 1.36. The normalized spacial score (nSPS) is 10.8. The minimum absolute atomic E-state index is 0.168. The van der Waals surface area contributed by atoms with Gasteiger partial charge >= 0.3 is 0 Å². The van der Waals surface area contributed by atoms with E-state index in [1.165, 1.54) is 0 Å². The standard InChI is InChI=1S/C24H23N3O3S/c1-29-18-9-8-17(21(12-18)30-2)14-25-15-19-13-20-22(31-19)10-11-26-23(20)27-24(28)16-6-4-3-5-7-16/h3-13,25H,14-15H2,1-2H3,(H,26,27,28). The number of rotatable bonds is 8. The van der Waals surface area contributed by atoms with Gasteiger partial charge in [-0.1, -0.05) is 24.3 Å². The Morgan fingerprint density at radius 3 is 2.61 bits per heavy atom. The van der Waals surface area contributed by atoms with E-state index in [1.54, 1.807) is 43.9 Å². The molecule has 0 bridgehead atoms. The van der Waals surface area contributed by atoms with E-state index in [0.717, 1.165) is 32.0 Å². The van der Waals surface area contributed by atoms with E-state index in [1.807, 2.05) is 42.5 Å². The molecule has 0 atom stereocenters.